The maximum absolute atomic E-state index is 13.3. The molecule has 0 spiro atoms. The van der Waals surface area contributed by atoms with E-state index in [0.29, 0.717) is 12.5 Å². The molecule has 2 rings (SSSR count). The van der Waals surface area contributed by atoms with Gasteiger partial charge in [-0.05, 0) is 76.6 Å². The van der Waals surface area contributed by atoms with Crippen molar-refractivity contribution in [2.24, 2.45) is 5.92 Å². The van der Waals surface area contributed by atoms with E-state index in [9.17, 15) is 13.6 Å². The smallest absolute Gasteiger partial charge is 0.234 e. The molecule has 0 radical (unpaired) electrons. The number of carbonyl (C=O) groups excluding carboxylic acids is 1. The van der Waals surface area contributed by atoms with Crippen LogP contribution in [-0.4, -0.2) is 36.0 Å². The topological polar surface area (TPSA) is 32.3 Å². The zero-order valence-corrected chi connectivity index (χ0v) is 14.9. The van der Waals surface area contributed by atoms with Gasteiger partial charge in [0.15, 0.2) is 11.6 Å². The molecular weight excluding hydrogens is 310 g/mol. The van der Waals surface area contributed by atoms with Crippen molar-refractivity contribution in [1.29, 1.82) is 0 Å². The summed E-state index contributed by atoms with van der Waals surface area (Å²) in [6.07, 6.45) is 3.87. The molecule has 3 nitrogen and oxygen atoms in total. The Balaban J connectivity index is 1.80. The molecule has 0 aliphatic carbocycles. The Kier molecular flexibility index (Phi) is 6.33. The fraction of sp³-hybridized carbons (Fsp3) is 0.632. The first-order valence-corrected chi connectivity index (χ1v) is 8.70. The molecular formula is C19H28F2N2O. The highest BCUT2D eigenvalue weighted by Crippen LogP contribution is 2.22. The summed E-state index contributed by atoms with van der Waals surface area (Å²) in [6.45, 7) is 8.20. The van der Waals surface area contributed by atoms with Crippen LogP contribution in [0.25, 0.3) is 0 Å². The number of likely N-dealkylation sites (tertiary alicyclic amines) is 1. The minimum absolute atomic E-state index is 0.0590. The molecule has 24 heavy (non-hydrogen) atoms. The van der Waals surface area contributed by atoms with Gasteiger partial charge >= 0.3 is 0 Å². The monoisotopic (exact) mass is 338 g/mol. The first-order valence-electron chi connectivity index (χ1n) is 8.70. The van der Waals surface area contributed by atoms with E-state index in [2.05, 4.69) is 10.2 Å². The molecule has 1 saturated heterocycles. The van der Waals surface area contributed by atoms with Gasteiger partial charge in [-0.3, -0.25) is 9.69 Å². The fourth-order valence-electron chi connectivity index (χ4n) is 3.26. The number of amides is 1. The molecule has 1 atom stereocenters. The fourth-order valence-corrected chi connectivity index (χ4v) is 3.26. The first kappa shape index (κ1) is 18.8. The number of rotatable bonds is 5. The van der Waals surface area contributed by atoms with E-state index >= 15 is 0 Å². The number of nitrogens with one attached hydrogen (secondary N) is 1. The van der Waals surface area contributed by atoms with Crippen molar-refractivity contribution in [3.8, 4) is 0 Å². The molecule has 0 unspecified atom stereocenters. The highest BCUT2D eigenvalue weighted by molar-refractivity contribution is 5.78. The van der Waals surface area contributed by atoms with Crippen LogP contribution < -0.4 is 5.32 Å². The Hall–Kier alpha value is -1.49. The molecule has 1 heterocycles. The number of carbonyl (C=O) groups is 1. The molecule has 0 bridgehead atoms. The summed E-state index contributed by atoms with van der Waals surface area (Å²) in [4.78, 5) is 14.2. The second kappa shape index (κ2) is 8.06. The van der Waals surface area contributed by atoms with Gasteiger partial charge < -0.3 is 5.32 Å². The number of hydrogen-bond donors (Lipinski definition) is 1. The normalized spacial score (nSPS) is 19.3. The van der Waals surface area contributed by atoms with Crippen LogP contribution >= 0.6 is 0 Å². The van der Waals surface area contributed by atoms with Gasteiger partial charge in [0.1, 0.15) is 0 Å². The zero-order valence-electron chi connectivity index (χ0n) is 14.9. The van der Waals surface area contributed by atoms with Crippen molar-refractivity contribution >= 4 is 5.91 Å². The Labute approximate surface area is 143 Å². The van der Waals surface area contributed by atoms with Crippen LogP contribution in [0.2, 0.25) is 0 Å². The summed E-state index contributed by atoms with van der Waals surface area (Å²) < 4.78 is 26.2. The summed E-state index contributed by atoms with van der Waals surface area (Å²) in [5.41, 5.74) is 0.621. The third kappa shape index (κ3) is 6.19. The quantitative estimate of drug-likeness (QED) is 0.891. The number of halogens is 2. The maximum Gasteiger partial charge on any atom is 0.234 e. The van der Waals surface area contributed by atoms with Crippen molar-refractivity contribution in [3.05, 3.63) is 35.4 Å². The molecule has 134 valence electrons. The van der Waals surface area contributed by atoms with Crippen molar-refractivity contribution in [3.63, 3.8) is 0 Å². The number of benzene rings is 1. The molecule has 1 aliphatic heterocycles. The van der Waals surface area contributed by atoms with Crippen molar-refractivity contribution in [2.75, 3.05) is 19.6 Å². The van der Waals surface area contributed by atoms with E-state index in [1.165, 1.54) is 12.1 Å². The minimum Gasteiger partial charge on any atom is -0.350 e. The van der Waals surface area contributed by atoms with Crippen molar-refractivity contribution in [2.45, 2.75) is 52.0 Å². The van der Waals surface area contributed by atoms with Gasteiger partial charge in [-0.15, -0.1) is 0 Å². The van der Waals surface area contributed by atoms with Crippen molar-refractivity contribution < 1.29 is 13.6 Å². The molecule has 1 aliphatic rings. The summed E-state index contributed by atoms with van der Waals surface area (Å²) in [6, 6.07) is 4.12. The predicted molar refractivity (Wildman–Crippen MR) is 91.7 cm³/mol. The average Bonchev–Trinajstić information content (AvgIpc) is 2.47. The molecule has 0 saturated carbocycles. The van der Waals surface area contributed by atoms with Crippen LogP contribution in [0, 0.1) is 17.6 Å². The number of hydrogen-bond acceptors (Lipinski definition) is 2. The standard InChI is InChI=1S/C19H28F2N2O/c1-19(2,3)22-18(24)13-23-10-4-5-15(12-23)7-6-14-8-9-16(20)17(21)11-14/h8-9,11,15H,4-7,10,12-13H2,1-3H3,(H,22,24)/t15-/m1/s1. The van der Waals surface area contributed by atoms with E-state index in [1.54, 1.807) is 6.07 Å². The average molecular weight is 338 g/mol. The number of piperidine rings is 1. The van der Waals surface area contributed by atoms with E-state index in [-0.39, 0.29) is 11.4 Å². The van der Waals surface area contributed by atoms with Crippen LogP contribution in [-0.2, 0) is 11.2 Å². The van der Waals surface area contributed by atoms with Gasteiger partial charge in [0.05, 0.1) is 6.54 Å². The summed E-state index contributed by atoms with van der Waals surface area (Å²) in [5, 5.41) is 2.99. The van der Waals surface area contributed by atoms with Crippen molar-refractivity contribution in [1.82, 2.24) is 10.2 Å². The molecule has 1 aromatic carbocycles. The highest BCUT2D eigenvalue weighted by atomic mass is 19.2. The molecule has 1 aromatic rings. The lowest BCUT2D eigenvalue weighted by Gasteiger charge is -2.33. The van der Waals surface area contributed by atoms with Crippen LogP contribution in [0.15, 0.2) is 18.2 Å². The zero-order chi connectivity index (χ0) is 17.7. The van der Waals surface area contributed by atoms with Gasteiger partial charge in [0.2, 0.25) is 5.91 Å². The molecule has 5 heteroatoms. The lowest BCUT2D eigenvalue weighted by Crippen LogP contribution is -2.48. The third-order valence-electron chi connectivity index (χ3n) is 4.31. The predicted octanol–water partition coefficient (Wildman–Crippen LogP) is 3.52. The Morgan fingerprint density at radius 2 is 2.04 bits per heavy atom. The van der Waals surface area contributed by atoms with Crippen LogP contribution in [0.4, 0.5) is 8.78 Å². The summed E-state index contributed by atoms with van der Waals surface area (Å²) in [7, 11) is 0. The van der Waals surface area contributed by atoms with Gasteiger partial charge in [0.25, 0.3) is 0 Å². The Morgan fingerprint density at radius 3 is 2.71 bits per heavy atom. The second-order valence-corrected chi connectivity index (χ2v) is 7.83. The van der Waals surface area contributed by atoms with E-state index < -0.39 is 11.6 Å². The summed E-state index contributed by atoms with van der Waals surface area (Å²) in [5.74, 6) is -1.03. The van der Waals surface area contributed by atoms with E-state index in [1.807, 2.05) is 20.8 Å². The van der Waals surface area contributed by atoms with E-state index in [0.717, 1.165) is 44.3 Å². The number of nitrogens with zero attached hydrogens (tertiary/aromatic N) is 1. The lowest BCUT2D eigenvalue weighted by atomic mass is 9.91. The molecule has 1 amide bonds. The SMILES string of the molecule is CC(C)(C)NC(=O)CN1CCC[C@H](CCc2ccc(F)c(F)c2)C1. The molecule has 1 fully saturated rings. The largest absolute Gasteiger partial charge is 0.350 e. The highest BCUT2D eigenvalue weighted by Gasteiger charge is 2.23. The van der Waals surface area contributed by atoms with Gasteiger partial charge in [-0.25, -0.2) is 8.78 Å². The van der Waals surface area contributed by atoms with Gasteiger partial charge in [0, 0.05) is 12.1 Å². The minimum atomic E-state index is -0.799. The lowest BCUT2D eigenvalue weighted by molar-refractivity contribution is -0.124. The Morgan fingerprint density at radius 1 is 1.29 bits per heavy atom. The number of aryl methyl sites for hydroxylation is 1. The molecule has 0 aromatic heterocycles. The Bertz CT molecular complexity index is 569. The van der Waals surface area contributed by atoms with Crippen LogP contribution in [0.3, 0.4) is 0 Å². The van der Waals surface area contributed by atoms with Crippen LogP contribution in [0.5, 0.6) is 0 Å². The second-order valence-electron chi connectivity index (χ2n) is 7.83. The summed E-state index contributed by atoms with van der Waals surface area (Å²) >= 11 is 0. The maximum atomic E-state index is 13.3. The van der Waals surface area contributed by atoms with E-state index in [4.69, 9.17) is 0 Å². The first-order chi connectivity index (χ1) is 11.2. The van der Waals surface area contributed by atoms with Gasteiger partial charge in [-0.2, -0.15) is 0 Å². The third-order valence-corrected chi connectivity index (χ3v) is 4.31. The molecule has 1 N–H and O–H groups in total. The van der Waals surface area contributed by atoms with Crippen LogP contribution in [0.1, 0.15) is 45.6 Å². The van der Waals surface area contributed by atoms with Gasteiger partial charge in [-0.1, -0.05) is 6.07 Å².